The highest BCUT2D eigenvalue weighted by atomic mass is 79.9. The molecule has 0 radical (unpaired) electrons. The van der Waals surface area contributed by atoms with Gasteiger partial charge in [-0.15, -0.1) is 0 Å². The first-order chi connectivity index (χ1) is 10.1. The van der Waals surface area contributed by atoms with Crippen LogP contribution in [0.15, 0.2) is 58.6 Å². The van der Waals surface area contributed by atoms with Crippen LogP contribution in [0.2, 0.25) is 5.02 Å². The standard InChI is InChI=1S/C16H10BrClN2O/c17-13-3-1-11(2-4-13)9-12(10-19)16(21)20-15-7-5-14(18)6-8-15/h1-9H,(H,20,21)/b12-9+. The number of nitrogens with zero attached hydrogens (tertiary/aromatic N) is 1. The number of carbonyl (C=O) groups is 1. The van der Waals surface area contributed by atoms with Gasteiger partial charge in [-0.3, -0.25) is 4.79 Å². The second-order valence-corrected chi connectivity index (χ2v) is 5.53. The smallest absolute Gasteiger partial charge is 0.266 e. The molecule has 0 bridgehead atoms. The highest BCUT2D eigenvalue weighted by Gasteiger charge is 2.09. The van der Waals surface area contributed by atoms with Crippen molar-refractivity contribution in [2.24, 2.45) is 0 Å². The van der Waals surface area contributed by atoms with Gasteiger partial charge in [-0.05, 0) is 48.0 Å². The molecular weight excluding hydrogens is 352 g/mol. The summed E-state index contributed by atoms with van der Waals surface area (Å²) in [5.74, 6) is -0.456. The molecule has 0 heterocycles. The van der Waals surface area contributed by atoms with Crippen LogP contribution in [0.5, 0.6) is 0 Å². The van der Waals surface area contributed by atoms with Crippen LogP contribution in [-0.2, 0) is 4.79 Å². The Morgan fingerprint density at radius 3 is 2.33 bits per heavy atom. The number of nitriles is 1. The fourth-order valence-corrected chi connectivity index (χ4v) is 2.00. The van der Waals surface area contributed by atoms with E-state index in [-0.39, 0.29) is 5.57 Å². The van der Waals surface area contributed by atoms with E-state index in [9.17, 15) is 4.79 Å². The molecule has 2 aromatic rings. The number of nitrogens with one attached hydrogen (secondary N) is 1. The van der Waals surface area contributed by atoms with Gasteiger partial charge < -0.3 is 5.32 Å². The Morgan fingerprint density at radius 2 is 1.76 bits per heavy atom. The second kappa shape index (κ2) is 7.07. The monoisotopic (exact) mass is 360 g/mol. The molecule has 1 N–H and O–H groups in total. The van der Waals surface area contributed by atoms with Crippen molar-refractivity contribution in [2.75, 3.05) is 5.32 Å². The number of halogens is 2. The molecule has 2 aromatic carbocycles. The van der Waals surface area contributed by atoms with E-state index in [0.29, 0.717) is 10.7 Å². The summed E-state index contributed by atoms with van der Waals surface area (Å²) < 4.78 is 0.934. The zero-order chi connectivity index (χ0) is 15.2. The van der Waals surface area contributed by atoms with Crippen LogP contribution in [0.3, 0.4) is 0 Å². The van der Waals surface area contributed by atoms with Crippen LogP contribution in [0, 0.1) is 11.3 Å². The Labute approximate surface area is 136 Å². The Bertz CT molecular complexity index is 715. The molecule has 0 spiro atoms. The van der Waals surface area contributed by atoms with Gasteiger partial charge in [0.1, 0.15) is 11.6 Å². The number of amides is 1. The molecule has 21 heavy (non-hydrogen) atoms. The maximum atomic E-state index is 12.1. The molecule has 5 heteroatoms. The van der Waals surface area contributed by atoms with Crippen molar-refractivity contribution >= 4 is 45.2 Å². The summed E-state index contributed by atoms with van der Waals surface area (Å²) in [6, 6.07) is 15.9. The second-order valence-electron chi connectivity index (χ2n) is 4.18. The normalized spacial score (nSPS) is 10.8. The van der Waals surface area contributed by atoms with Crippen molar-refractivity contribution in [3.05, 3.63) is 69.2 Å². The van der Waals surface area contributed by atoms with Crippen LogP contribution in [0.4, 0.5) is 5.69 Å². The minimum atomic E-state index is -0.456. The van der Waals surface area contributed by atoms with Crippen LogP contribution in [0.25, 0.3) is 6.08 Å². The fraction of sp³-hybridized carbons (Fsp3) is 0. The lowest BCUT2D eigenvalue weighted by Gasteiger charge is -2.04. The average Bonchev–Trinajstić information content (AvgIpc) is 2.49. The predicted octanol–water partition coefficient (Wildman–Crippen LogP) is 4.65. The molecular formula is C16H10BrClN2O. The fourth-order valence-electron chi connectivity index (χ4n) is 1.61. The van der Waals surface area contributed by atoms with Gasteiger partial charge in [-0.2, -0.15) is 5.26 Å². The molecule has 0 aliphatic heterocycles. The van der Waals surface area contributed by atoms with E-state index >= 15 is 0 Å². The Kier molecular flexibility index (Phi) is 5.15. The van der Waals surface area contributed by atoms with E-state index in [1.807, 2.05) is 30.3 Å². The van der Waals surface area contributed by atoms with Crippen LogP contribution in [0.1, 0.15) is 5.56 Å². The van der Waals surface area contributed by atoms with E-state index in [0.717, 1.165) is 10.0 Å². The van der Waals surface area contributed by atoms with E-state index in [2.05, 4.69) is 21.2 Å². The number of rotatable bonds is 3. The lowest BCUT2D eigenvalue weighted by Crippen LogP contribution is -2.13. The third-order valence-corrected chi connectivity index (χ3v) is 3.43. The molecule has 2 rings (SSSR count). The lowest BCUT2D eigenvalue weighted by atomic mass is 10.1. The third kappa shape index (κ3) is 4.45. The largest absolute Gasteiger partial charge is 0.321 e. The molecule has 0 aliphatic rings. The molecule has 0 unspecified atom stereocenters. The van der Waals surface area contributed by atoms with Crippen molar-refractivity contribution in [3.8, 4) is 6.07 Å². The highest BCUT2D eigenvalue weighted by Crippen LogP contribution is 2.16. The van der Waals surface area contributed by atoms with Crippen LogP contribution >= 0.6 is 27.5 Å². The third-order valence-electron chi connectivity index (χ3n) is 2.65. The van der Waals surface area contributed by atoms with Crippen molar-refractivity contribution < 1.29 is 4.79 Å². The minimum absolute atomic E-state index is 0.0345. The summed E-state index contributed by atoms with van der Waals surface area (Å²) in [5, 5.41) is 12.4. The summed E-state index contributed by atoms with van der Waals surface area (Å²) in [6.45, 7) is 0. The van der Waals surface area contributed by atoms with Gasteiger partial charge in [0.25, 0.3) is 5.91 Å². The first-order valence-corrected chi connectivity index (χ1v) is 7.20. The number of hydrogen-bond acceptors (Lipinski definition) is 2. The quantitative estimate of drug-likeness (QED) is 0.639. The highest BCUT2D eigenvalue weighted by molar-refractivity contribution is 9.10. The number of hydrogen-bond donors (Lipinski definition) is 1. The molecule has 0 aliphatic carbocycles. The summed E-state index contributed by atoms with van der Waals surface area (Å²) in [6.07, 6.45) is 1.54. The molecule has 0 fully saturated rings. The lowest BCUT2D eigenvalue weighted by molar-refractivity contribution is -0.112. The molecule has 104 valence electrons. The zero-order valence-corrected chi connectivity index (χ0v) is 13.1. The van der Waals surface area contributed by atoms with E-state index in [4.69, 9.17) is 16.9 Å². The first kappa shape index (κ1) is 15.3. The number of anilines is 1. The maximum Gasteiger partial charge on any atom is 0.266 e. The Balaban J connectivity index is 2.17. The minimum Gasteiger partial charge on any atom is -0.321 e. The Morgan fingerprint density at radius 1 is 1.14 bits per heavy atom. The van der Waals surface area contributed by atoms with Crippen LogP contribution < -0.4 is 5.32 Å². The molecule has 0 atom stereocenters. The van der Waals surface area contributed by atoms with Gasteiger partial charge in [0.15, 0.2) is 0 Å². The van der Waals surface area contributed by atoms with Crippen molar-refractivity contribution in [2.45, 2.75) is 0 Å². The van der Waals surface area contributed by atoms with Crippen molar-refractivity contribution in [1.29, 1.82) is 5.26 Å². The first-order valence-electron chi connectivity index (χ1n) is 6.03. The summed E-state index contributed by atoms with van der Waals surface area (Å²) in [7, 11) is 0. The summed E-state index contributed by atoms with van der Waals surface area (Å²) in [4.78, 5) is 12.1. The number of benzene rings is 2. The van der Waals surface area contributed by atoms with Gasteiger partial charge in [0.2, 0.25) is 0 Å². The molecule has 3 nitrogen and oxygen atoms in total. The summed E-state index contributed by atoms with van der Waals surface area (Å²) in [5.41, 5.74) is 1.40. The summed E-state index contributed by atoms with van der Waals surface area (Å²) >= 11 is 9.11. The topological polar surface area (TPSA) is 52.9 Å². The molecule has 0 saturated heterocycles. The van der Waals surface area contributed by atoms with Gasteiger partial charge in [0.05, 0.1) is 0 Å². The van der Waals surface area contributed by atoms with Gasteiger partial charge >= 0.3 is 0 Å². The number of carbonyl (C=O) groups excluding carboxylic acids is 1. The van der Waals surface area contributed by atoms with E-state index in [1.54, 1.807) is 24.3 Å². The van der Waals surface area contributed by atoms with Gasteiger partial charge in [-0.1, -0.05) is 39.7 Å². The van der Waals surface area contributed by atoms with Crippen molar-refractivity contribution in [1.82, 2.24) is 0 Å². The zero-order valence-electron chi connectivity index (χ0n) is 10.8. The maximum absolute atomic E-state index is 12.1. The van der Waals surface area contributed by atoms with Gasteiger partial charge in [-0.25, -0.2) is 0 Å². The molecule has 0 saturated carbocycles. The molecule has 0 aromatic heterocycles. The molecule has 1 amide bonds. The van der Waals surface area contributed by atoms with Crippen molar-refractivity contribution in [3.63, 3.8) is 0 Å². The van der Waals surface area contributed by atoms with E-state index < -0.39 is 5.91 Å². The SMILES string of the molecule is N#C/C(=C\c1ccc(Br)cc1)C(=O)Nc1ccc(Cl)cc1. The van der Waals surface area contributed by atoms with E-state index in [1.165, 1.54) is 6.08 Å². The Hall–Kier alpha value is -2.09. The average molecular weight is 362 g/mol. The predicted molar refractivity (Wildman–Crippen MR) is 87.8 cm³/mol. The van der Waals surface area contributed by atoms with Gasteiger partial charge in [0, 0.05) is 15.2 Å². The van der Waals surface area contributed by atoms with Crippen LogP contribution in [-0.4, -0.2) is 5.91 Å².